The molecule has 1 aliphatic rings. The van der Waals surface area contributed by atoms with Gasteiger partial charge in [0.15, 0.2) is 0 Å². The predicted molar refractivity (Wildman–Crippen MR) is 71.5 cm³/mol. The van der Waals surface area contributed by atoms with Crippen molar-refractivity contribution >= 4 is 5.57 Å². The minimum Gasteiger partial charge on any atom is -0.207 e. The van der Waals surface area contributed by atoms with Gasteiger partial charge in [0, 0.05) is 0 Å². The van der Waals surface area contributed by atoms with Gasteiger partial charge in [0.05, 0.1) is 0 Å². The van der Waals surface area contributed by atoms with Gasteiger partial charge in [0.2, 0.25) is 0 Å². The first-order valence-corrected chi connectivity index (χ1v) is 6.36. The quantitative estimate of drug-likeness (QED) is 0.692. The van der Waals surface area contributed by atoms with E-state index < -0.39 is 0 Å². The van der Waals surface area contributed by atoms with Gasteiger partial charge >= 0.3 is 0 Å². The van der Waals surface area contributed by atoms with Gasteiger partial charge in [-0.2, -0.15) is 0 Å². The highest BCUT2D eigenvalue weighted by atomic mass is 19.1. The van der Waals surface area contributed by atoms with Crippen molar-refractivity contribution in [1.82, 2.24) is 0 Å². The third-order valence-corrected chi connectivity index (χ3v) is 3.40. The van der Waals surface area contributed by atoms with Crippen LogP contribution in [0.15, 0.2) is 24.8 Å². The molecule has 1 aliphatic carbocycles. The first-order valence-electron chi connectivity index (χ1n) is 6.36. The molecule has 0 aromatic heterocycles. The fourth-order valence-electron chi connectivity index (χ4n) is 2.24. The minimum atomic E-state index is -0.162. The van der Waals surface area contributed by atoms with E-state index in [0.717, 1.165) is 23.5 Å². The second kappa shape index (κ2) is 4.29. The molecule has 0 atom stereocenters. The molecule has 0 bridgehead atoms. The van der Waals surface area contributed by atoms with Gasteiger partial charge in [-0.05, 0) is 59.4 Å². The van der Waals surface area contributed by atoms with E-state index in [4.69, 9.17) is 0 Å². The lowest BCUT2D eigenvalue weighted by atomic mass is 9.81. The number of halogens is 1. The summed E-state index contributed by atoms with van der Waals surface area (Å²) in [4.78, 5) is 0. The SMILES string of the molecule is C=C(CC1CC1)c1cc(F)ccc1C(C)(C)C. The molecule has 0 heterocycles. The Hall–Kier alpha value is -1.11. The van der Waals surface area contributed by atoms with Crippen molar-refractivity contribution in [3.05, 3.63) is 41.7 Å². The molecule has 0 N–H and O–H groups in total. The van der Waals surface area contributed by atoms with Crippen LogP contribution in [0.4, 0.5) is 4.39 Å². The number of hydrogen-bond acceptors (Lipinski definition) is 0. The zero-order chi connectivity index (χ0) is 12.6. The van der Waals surface area contributed by atoms with Crippen LogP contribution >= 0.6 is 0 Å². The fraction of sp³-hybridized carbons (Fsp3) is 0.500. The Labute approximate surface area is 104 Å². The average molecular weight is 232 g/mol. The van der Waals surface area contributed by atoms with Gasteiger partial charge in [-0.3, -0.25) is 0 Å². The molecular formula is C16H21F. The molecule has 0 aliphatic heterocycles. The van der Waals surface area contributed by atoms with E-state index in [2.05, 4.69) is 27.4 Å². The number of benzene rings is 1. The van der Waals surface area contributed by atoms with Crippen LogP contribution in [0.5, 0.6) is 0 Å². The molecule has 1 saturated carbocycles. The third kappa shape index (κ3) is 2.96. The summed E-state index contributed by atoms with van der Waals surface area (Å²) in [6.07, 6.45) is 3.63. The molecule has 0 saturated heterocycles. The average Bonchev–Trinajstić information content (AvgIpc) is 2.99. The lowest BCUT2D eigenvalue weighted by Gasteiger charge is -2.24. The maximum absolute atomic E-state index is 13.4. The van der Waals surface area contributed by atoms with E-state index in [-0.39, 0.29) is 11.2 Å². The molecular weight excluding hydrogens is 211 g/mol. The van der Waals surface area contributed by atoms with Crippen LogP contribution in [0.3, 0.4) is 0 Å². The largest absolute Gasteiger partial charge is 0.207 e. The first kappa shape index (κ1) is 12.3. The molecule has 0 amide bonds. The van der Waals surface area contributed by atoms with Crippen LogP contribution in [0.2, 0.25) is 0 Å². The van der Waals surface area contributed by atoms with Gasteiger partial charge < -0.3 is 0 Å². The monoisotopic (exact) mass is 232 g/mol. The van der Waals surface area contributed by atoms with Gasteiger partial charge in [0.1, 0.15) is 5.82 Å². The summed E-state index contributed by atoms with van der Waals surface area (Å²) >= 11 is 0. The van der Waals surface area contributed by atoms with Crippen molar-refractivity contribution in [2.24, 2.45) is 5.92 Å². The Morgan fingerprint density at radius 2 is 2.00 bits per heavy atom. The molecule has 2 rings (SSSR count). The molecule has 1 aromatic carbocycles. The van der Waals surface area contributed by atoms with E-state index in [9.17, 15) is 4.39 Å². The summed E-state index contributed by atoms with van der Waals surface area (Å²) in [5, 5.41) is 0. The standard InChI is InChI=1S/C16H21F/c1-11(9-12-5-6-12)14-10-13(17)7-8-15(14)16(2,3)4/h7-8,10,12H,1,5-6,9H2,2-4H3. The van der Waals surface area contributed by atoms with Crippen LogP contribution in [-0.2, 0) is 5.41 Å². The summed E-state index contributed by atoms with van der Waals surface area (Å²) in [6.45, 7) is 10.6. The number of allylic oxidation sites excluding steroid dienone is 1. The summed E-state index contributed by atoms with van der Waals surface area (Å²) in [5.74, 6) is 0.628. The summed E-state index contributed by atoms with van der Waals surface area (Å²) < 4.78 is 13.4. The normalized spacial score (nSPS) is 16.0. The van der Waals surface area contributed by atoms with Crippen LogP contribution in [0.1, 0.15) is 51.2 Å². The first-order chi connectivity index (χ1) is 7.88. The van der Waals surface area contributed by atoms with Crippen molar-refractivity contribution in [2.75, 3.05) is 0 Å². The van der Waals surface area contributed by atoms with Crippen molar-refractivity contribution < 1.29 is 4.39 Å². The topological polar surface area (TPSA) is 0 Å². The molecule has 0 radical (unpaired) electrons. The van der Waals surface area contributed by atoms with Crippen LogP contribution in [0, 0.1) is 11.7 Å². The van der Waals surface area contributed by atoms with Crippen LogP contribution < -0.4 is 0 Å². The highest BCUT2D eigenvalue weighted by Crippen LogP contribution is 2.40. The third-order valence-electron chi connectivity index (χ3n) is 3.40. The highest BCUT2D eigenvalue weighted by Gasteiger charge is 2.25. The van der Waals surface area contributed by atoms with Crippen molar-refractivity contribution in [2.45, 2.75) is 45.4 Å². The zero-order valence-corrected chi connectivity index (χ0v) is 11.0. The second-order valence-electron chi connectivity index (χ2n) is 6.19. The molecule has 0 unspecified atom stereocenters. The summed E-state index contributed by atoms with van der Waals surface area (Å²) in [5.41, 5.74) is 3.35. The summed E-state index contributed by atoms with van der Waals surface area (Å²) in [6, 6.07) is 5.10. The van der Waals surface area contributed by atoms with Gasteiger partial charge in [-0.25, -0.2) is 4.39 Å². The Balaban J connectivity index is 2.35. The highest BCUT2D eigenvalue weighted by molar-refractivity contribution is 5.68. The van der Waals surface area contributed by atoms with E-state index in [1.807, 2.05) is 6.07 Å². The zero-order valence-electron chi connectivity index (χ0n) is 11.0. The smallest absolute Gasteiger partial charge is 0.123 e. The lowest BCUT2D eigenvalue weighted by molar-refractivity contribution is 0.580. The molecule has 17 heavy (non-hydrogen) atoms. The molecule has 92 valence electrons. The van der Waals surface area contributed by atoms with E-state index in [1.54, 1.807) is 12.1 Å². The fourth-order valence-corrected chi connectivity index (χ4v) is 2.24. The molecule has 0 spiro atoms. The maximum Gasteiger partial charge on any atom is 0.123 e. The Bertz CT molecular complexity index is 433. The van der Waals surface area contributed by atoms with Crippen LogP contribution in [-0.4, -0.2) is 0 Å². The Kier molecular flexibility index (Phi) is 3.11. The Morgan fingerprint density at radius 1 is 1.35 bits per heavy atom. The van der Waals surface area contributed by atoms with Crippen molar-refractivity contribution in [3.63, 3.8) is 0 Å². The minimum absolute atomic E-state index is 0.0372. The van der Waals surface area contributed by atoms with E-state index >= 15 is 0 Å². The predicted octanol–water partition coefficient (Wildman–Crippen LogP) is 4.94. The van der Waals surface area contributed by atoms with E-state index in [1.165, 1.54) is 18.4 Å². The maximum atomic E-state index is 13.4. The van der Waals surface area contributed by atoms with Crippen molar-refractivity contribution in [3.8, 4) is 0 Å². The molecule has 0 nitrogen and oxygen atoms in total. The van der Waals surface area contributed by atoms with Gasteiger partial charge in [0.25, 0.3) is 0 Å². The van der Waals surface area contributed by atoms with Gasteiger partial charge in [-0.1, -0.05) is 33.4 Å². The molecule has 1 heteroatoms. The molecule has 1 fully saturated rings. The van der Waals surface area contributed by atoms with Crippen molar-refractivity contribution in [1.29, 1.82) is 0 Å². The molecule has 1 aromatic rings. The van der Waals surface area contributed by atoms with E-state index in [0.29, 0.717) is 0 Å². The Morgan fingerprint density at radius 3 is 2.53 bits per heavy atom. The number of hydrogen-bond donors (Lipinski definition) is 0. The van der Waals surface area contributed by atoms with Crippen LogP contribution in [0.25, 0.3) is 5.57 Å². The van der Waals surface area contributed by atoms with Gasteiger partial charge in [-0.15, -0.1) is 0 Å². The second-order valence-corrected chi connectivity index (χ2v) is 6.19. The number of rotatable bonds is 3. The summed E-state index contributed by atoms with van der Waals surface area (Å²) in [7, 11) is 0. The lowest BCUT2D eigenvalue weighted by Crippen LogP contribution is -2.14.